The Morgan fingerprint density at radius 2 is 0.979 bits per heavy atom. The molecule has 0 unspecified atom stereocenters. The number of fused-ring (bicyclic) bond motifs is 4. The molecule has 0 spiro atoms. The lowest BCUT2D eigenvalue weighted by molar-refractivity contribution is 0.488. The van der Waals surface area contributed by atoms with Gasteiger partial charge in [0, 0.05) is 38.1 Å². The molecule has 0 aliphatic carbocycles. The summed E-state index contributed by atoms with van der Waals surface area (Å²) in [6, 6.07) is 11.3. The molecule has 2 aromatic heterocycles. The van der Waals surface area contributed by atoms with Crippen molar-refractivity contribution in [2.24, 2.45) is 0 Å². The van der Waals surface area contributed by atoms with Gasteiger partial charge in [-0.05, 0) is 78.4 Å². The maximum Gasteiger partial charge on any atom is 0.146 e. The maximum atomic E-state index is 12.1. The van der Waals surface area contributed by atoms with Gasteiger partial charge in [0.1, 0.15) is 21.9 Å². The smallest absolute Gasteiger partial charge is 0.146 e. The highest BCUT2D eigenvalue weighted by molar-refractivity contribution is 7.18. The first-order chi connectivity index (χ1) is 22.2. The normalized spacial score (nSPS) is 13.1. The fourth-order valence-corrected chi connectivity index (χ4v) is 21.8. The number of rotatable bonds is 6. The van der Waals surface area contributed by atoms with E-state index in [2.05, 4.69) is 147 Å². The van der Waals surface area contributed by atoms with E-state index in [1.807, 2.05) is 0 Å². The first kappa shape index (κ1) is 34.1. The molecule has 0 bridgehead atoms. The Kier molecular flexibility index (Phi) is 8.89. The number of phenolic OH excluding ortho intramolecular Hbond substituents is 1. The summed E-state index contributed by atoms with van der Waals surface area (Å²) in [6.07, 6.45) is 0. The number of benzene rings is 4. The van der Waals surface area contributed by atoms with E-state index in [9.17, 15) is 5.11 Å². The third-order valence-corrected chi connectivity index (χ3v) is 26.1. The highest BCUT2D eigenvalue weighted by atomic mass is 32.1. The van der Waals surface area contributed by atoms with Crippen LogP contribution in [0.3, 0.4) is 0 Å². The predicted molar refractivity (Wildman–Crippen MR) is 218 cm³/mol. The van der Waals surface area contributed by atoms with Gasteiger partial charge >= 0.3 is 0 Å². The Hall–Kier alpha value is -2.81. The van der Waals surface area contributed by atoms with Gasteiger partial charge in [-0.2, -0.15) is 0 Å². The summed E-state index contributed by atoms with van der Waals surface area (Å²) in [7, 11) is -3.96. The van der Waals surface area contributed by atoms with Gasteiger partial charge in [-0.1, -0.05) is 107 Å². The number of thiophene rings is 2. The van der Waals surface area contributed by atoms with Crippen molar-refractivity contribution in [1.29, 1.82) is 0 Å². The summed E-state index contributed by atoms with van der Waals surface area (Å²) in [4.78, 5) is 0. The summed E-state index contributed by atoms with van der Waals surface area (Å²) < 4.78 is 2.21. The molecule has 0 atom stereocenters. The first-order valence-corrected chi connectivity index (χ1v) is 23.7. The Morgan fingerprint density at radius 1 is 0.511 bits per heavy atom. The minimum absolute atomic E-state index is 0.371. The van der Waals surface area contributed by atoms with E-state index in [1.54, 1.807) is 22.7 Å². The maximum absolute atomic E-state index is 12.1. The van der Waals surface area contributed by atoms with E-state index in [-0.39, 0.29) is 0 Å². The van der Waals surface area contributed by atoms with Gasteiger partial charge < -0.3 is 5.11 Å². The fraction of sp³-hybridized carbons (Fsp3) is 0.429. The molecule has 2 heterocycles. The molecule has 0 amide bonds. The lowest BCUT2D eigenvalue weighted by atomic mass is 9.87. The van der Waals surface area contributed by atoms with E-state index in [0.717, 1.165) is 32.0 Å². The second-order valence-electron chi connectivity index (χ2n) is 15.6. The first-order valence-electron chi connectivity index (χ1n) is 17.5. The highest BCUT2D eigenvalue weighted by Gasteiger charge is 2.43. The van der Waals surface area contributed by atoms with Crippen molar-refractivity contribution in [2.45, 2.75) is 116 Å². The molecule has 4 aromatic carbocycles. The molecule has 0 radical (unpaired) electrons. The lowest BCUT2D eigenvalue weighted by Gasteiger charge is -2.38. The molecular formula is C42H50OS2Si2. The molecule has 1 N–H and O–H groups in total. The van der Waals surface area contributed by atoms with Crippen molar-refractivity contribution in [3.8, 4) is 28.7 Å². The molecule has 0 aliphatic heterocycles. The topological polar surface area (TPSA) is 20.2 Å². The number of aromatic hydroxyl groups is 1. The van der Waals surface area contributed by atoms with Crippen LogP contribution >= 0.6 is 22.7 Å². The minimum atomic E-state index is -2.01. The standard InChI is InChI=1S/C42H50OS2Si2/c1-24(2)46(25(3)4,26(5)6)21-17-30-23-36-34-16-19-44-41(34)35(18-22-47(27(7)8,28(9)10)29(11)12)31-13-14-32-33-15-20-45-42(33)40(43)37(30)39(32)38(31)36/h13-16,19-20,23-29,43H,1-12H3. The van der Waals surface area contributed by atoms with Crippen LogP contribution < -0.4 is 0 Å². The van der Waals surface area contributed by atoms with Crippen LogP contribution in [0.1, 0.15) is 94.2 Å². The van der Waals surface area contributed by atoms with Gasteiger partial charge in [0.2, 0.25) is 0 Å². The van der Waals surface area contributed by atoms with Crippen LogP contribution in [-0.2, 0) is 0 Å². The molecule has 5 heteroatoms. The van der Waals surface area contributed by atoms with Gasteiger partial charge in [-0.3, -0.25) is 0 Å². The molecule has 0 saturated carbocycles. The van der Waals surface area contributed by atoms with E-state index < -0.39 is 16.1 Å². The highest BCUT2D eigenvalue weighted by Crippen LogP contribution is 2.50. The molecule has 0 aliphatic rings. The predicted octanol–water partition coefficient (Wildman–Crippen LogP) is 13.9. The average molecular weight is 691 g/mol. The molecule has 47 heavy (non-hydrogen) atoms. The van der Waals surface area contributed by atoms with Crippen LogP contribution in [0.2, 0.25) is 33.2 Å². The summed E-state index contributed by atoms with van der Waals surface area (Å²) in [5.74, 6) is 8.07. The Morgan fingerprint density at radius 3 is 1.51 bits per heavy atom. The van der Waals surface area contributed by atoms with E-state index >= 15 is 0 Å². The quantitative estimate of drug-likeness (QED) is 0.105. The van der Waals surface area contributed by atoms with Crippen LogP contribution in [-0.4, -0.2) is 21.3 Å². The van der Waals surface area contributed by atoms with Crippen LogP contribution in [0, 0.1) is 22.9 Å². The Balaban J connectivity index is 1.80. The summed E-state index contributed by atoms with van der Waals surface area (Å²) in [6.45, 7) is 28.5. The SMILES string of the molecule is CC(C)[Si](C#Cc1c2ccc3c4ccsc4c(O)c4c(C#C[Si](C(C)C)(C(C)C)C(C)C)cc(c5ccsc15)c2c43)(C(C)C)C(C)C. The van der Waals surface area contributed by atoms with Crippen molar-refractivity contribution >= 4 is 91.3 Å². The van der Waals surface area contributed by atoms with Crippen LogP contribution in [0.4, 0.5) is 0 Å². The zero-order chi connectivity index (χ0) is 34.2. The van der Waals surface area contributed by atoms with Gasteiger partial charge in [0.15, 0.2) is 0 Å². The van der Waals surface area contributed by atoms with E-state index in [0.29, 0.717) is 39.0 Å². The Bertz CT molecular complexity index is 2210. The van der Waals surface area contributed by atoms with Crippen molar-refractivity contribution in [1.82, 2.24) is 0 Å². The molecule has 6 aromatic rings. The molecule has 0 saturated heterocycles. The van der Waals surface area contributed by atoms with Gasteiger partial charge in [0.05, 0.1) is 9.40 Å². The molecule has 0 fully saturated rings. The Labute approximate surface area is 292 Å². The number of phenols is 1. The van der Waals surface area contributed by atoms with Gasteiger partial charge in [-0.15, -0.1) is 33.8 Å². The zero-order valence-electron chi connectivity index (χ0n) is 30.3. The second-order valence-corrected chi connectivity index (χ2v) is 28.6. The van der Waals surface area contributed by atoms with Crippen molar-refractivity contribution in [3.63, 3.8) is 0 Å². The molecule has 6 rings (SSSR count). The van der Waals surface area contributed by atoms with Crippen LogP contribution in [0.5, 0.6) is 5.75 Å². The van der Waals surface area contributed by atoms with Crippen molar-refractivity contribution in [3.05, 3.63) is 52.2 Å². The molecular weight excluding hydrogens is 641 g/mol. The zero-order valence-corrected chi connectivity index (χ0v) is 33.9. The van der Waals surface area contributed by atoms with Gasteiger partial charge in [0.25, 0.3) is 0 Å². The summed E-state index contributed by atoms with van der Waals surface area (Å²) in [5.41, 5.74) is 13.5. The summed E-state index contributed by atoms with van der Waals surface area (Å²) in [5, 5.41) is 25.7. The second kappa shape index (κ2) is 12.3. The monoisotopic (exact) mass is 690 g/mol. The fourth-order valence-electron chi connectivity index (χ4n) is 9.55. The molecule has 1 nitrogen and oxygen atoms in total. The number of hydrogen-bond donors (Lipinski definition) is 1. The van der Waals surface area contributed by atoms with Crippen LogP contribution in [0.25, 0.3) is 52.5 Å². The third-order valence-electron chi connectivity index (χ3n) is 11.7. The van der Waals surface area contributed by atoms with Gasteiger partial charge in [-0.25, -0.2) is 0 Å². The third kappa shape index (κ3) is 4.91. The number of hydrogen-bond acceptors (Lipinski definition) is 3. The largest absolute Gasteiger partial charge is 0.506 e. The summed E-state index contributed by atoms with van der Waals surface area (Å²) >= 11 is 3.42. The van der Waals surface area contributed by atoms with Crippen LogP contribution in [0.15, 0.2) is 41.1 Å². The van der Waals surface area contributed by atoms with E-state index in [4.69, 9.17) is 0 Å². The van der Waals surface area contributed by atoms with E-state index in [1.165, 1.54) is 31.6 Å². The average Bonchev–Trinajstić information content (AvgIpc) is 3.68. The minimum Gasteiger partial charge on any atom is -0.506 e. The van der Waals surface area contributed by atoms with Crippen molar-refractivity contribution < 1.29 is 5.11 Å². The molecule has 244 valence electrons. The lowest BCUT2D eigenvalue weighted by Crippen LogP contribution is -2.43. The van der Waals surface area contributed by atoms with Crippen molar-refractivity contribution in [2.75, 3.05) is 0 Å².